The fourth-order valence-corrected chi connectivity index (χ4v) is 5.55. The molecule has 7 nitrogen and oxygen atoms in total. The molecule has 0 saturated carbocycles. The number of imidazole rings is 1. The minimum Gasteiger partial charge on any atom is -0.337 e. The Morgan fingerprint density at radius 3 is 2.37 bits per heavy atom. The van der Waals surface area contributed by atoms with Crippen LogP contribution < -0.4 is 4.72 Å². The molecule has 0 spiro atoms. The largest absolute Gasteiger partial charge is 0.337 e. The van der Waals surface area contributed by atoms with E-state index in [1.807, 2.05) is 49.4 Å². The van der Waals surface area contributed by atoms with Gasteiger partial charge in [0, 0.05) is 17.7 Å². The van der Waals surface area contributed by atoms with Gasteiger partial charge in [-0.25, -0.2) is 18.1 Å². The lowest BCUT2D eigenvalue weighted by molar-refractivity contribution is 0.430. The summed E-state index contributed by atoms with van der Waals surface area (Å²) in [6.45, 7) is 8.32. The van der Waals surface area contributed by atoms with Crippen molar-refractivity contribution in [3.63, 3.8) is 0 Å². The van der Waals surface area contributed by atoms with Crippen LogP contribution in [-0.2, 0) is 16.6 Å². The molecular weight excluding hydrogens is 460 g/mol. The normalized spacial score (nSPS) is 11.8. The van der Waals surface area contributed by atoms with Crippen LogP contribution in [0.5, 0.6) is 0 Å². The van der Waals surface area contributed by atoms with Gasteiger partial charge < -0.3 is 9.09 Å². The molecular formula is C27H26N4O3S. The molecule has 0 fully saturated rings. The Balaban J connectivity index is 1.46. The molecule has 0 aliphatic rings. The van der Waals surface area contributed by atoms with Gasteiger partial charge in [-0.1, -0.05) is 59.8 Å². The first-order chi connectivity index (χ1) is 16.7. The van der Waals surface area contributed by atoms with Crippen LogP contribution in [0.15, 0.2) is 76.1 Å². The van der Waals surface area contributed by atoms with Crippen LogP contribution in [0.4, 0.5) is 5.88 Å². The van der Waals surface area contributed by atoms with E-state index in [1.165, 1.54) is 5.56 Å². The number of nitrogens with zero attached hydrogens (tertiary/aromatic N) is 3. The van der Waals surface area contributed by atoms with Crippen molar-refractivity contribution in [1.82, 2.24) is 14.7 Å². The first kappa shape index (κ1) is 22.9. The highest BCUT2D eigenvalue weighted by molar-refractivity contribution is 7.92. The van der Waals surface area contributed by atoms with Crippen molar-refractivity contribution in [1.29, 1.82) is 0 Å². The number of aryl methyl sites for hydroxylation is 3. The van der Waals surface area contributed by atoms with E-state index in [0.29, 0.717) is 23.4 Å². The number of anilines is 1. The molecule has 0 atom stereocenters. The van der Waals surface area contributed by atoms with E-state index in [2.05, 4.69) is 27.4 Å². The smallest absolute Gasteiger partial charge is 0.264 e. The highest BCUT2D eigenvalue weighted by Crippen LogP contribution is 2.30. The van der Waals surface area contributed by atoms with Gasteiger partial charge in [0.05, 0.1) is 21.6 Å². The van der Waals surface area contributed by atoms with Crippen molar-refractivity contribution in [3.05, 3.63) is 94.9 Å². The third-order valence-electron chi connectivity index (χ3n) is 6.33. The summed E-state index contributed by atoms with van der Waals surface area (Å²) < 4.78 is 36.4. The fraction of sp³-hybridized carbons (Fsp3) is 0.185. The lowest BCUT2D eigenvalue weighted by Crippen LogP contribution is -2.14. The van der Waals surface area contributed by atoms with Gasteiger partial charge in [0.15, 0.2) is 0 Å². The SMILES string of the molecule is Cc1noc(NS(=O)(=O)c2ccccc2-c2ccc(Cn3c(C)nc4cccc(C)c43)cc2)c1C. The number of aromatic nitrogens is 3. The van der Waals surface area contributed by atoms with E-state index in [1.54, 1.807) is 32.0 Å². The Hall–Kier alpha value is -3.91. The Morgan fingerprint density at radius 1 is 0.914 bits per heavy atom. The second-order valence-electron chi connectivity index (χ2n) is 8.71. The van der Waals surface area contributed by atoms with Gasteiger partial charge in [0.2, 0.25) is 5.88 Å². The number of para-hydroxylation sites is 1. The molecule has 0 bridgehead atoms. The predicted molar refractivity (Wildman–Crippen MR) is 137 cm³/mol. The summed E-state index contributed by atoms with van der Waals surface area (Å²) in [6, 6.07) is 21.0. The molecule has 0 aliphatic heterocycles. The summed E-state index contributed by atoms with van der Waals surface area (Å²) in [5, 5.41) is 3.84. The first-order valence-corrected chi connectivity index (χ1v) is 12.8. The van der Waals surface area contributed by atoms with Crippen LogP contribution in [0.3, 0.4) is 0 Å². The summed E-state index contributed by atoms with van der Waals surface area (Å²) in [5.41, 5.74) is 7.13. The zero-order valence-corrected chi connectivity index (χ0v) is 20.8. The molecule has 5 aromatic rings. The van der Waals surface area contributed by atoms with Gasteiger partial charge in [-0.3, -0.25) is 0 Å². The van der Waals surface area contributed by atoms with E-state index in [4.69, 9.17) is 9.51 Å². The van der Waals surface area contributed by atoms with E-state index >= 15 is 0 Å². The van der Waals surface area contributed by atoms with Crippen LogP contribution in [0, 0.1) is 27.7 Å². The molecule has 0 amide bonds. The van der Waals surface area contributed by atoms with E-state index in [0.717, 1.165) is 28.0 Å². The molecule has 0 unspecified atom stereocenters. The zero-order valence-electron chi connectivity index (χ0n) is 20.0. The van der Waals surface area contributed by atoms with E-state index < -0.39 is 10.0 Å². The number of sulfonamides is 1. The van der Waals surface area contributed by atoms with Crippen LogP contribution >= 0.6 is 0 Å². The standard InChI is InChI=1S/C27H26N4O3S/c1-17-8-7-10-24-26(17)31(20(4)28-24)16-21-12-14-22(15-13-21)23-9-5-6-11-25(23)35(32,33)30-27-18(2)19(3)29-34-27/h5-15,30H,16H2,1-4H3. The summed E-state index contributed by atoms with van der Waals surface area (Å²) in [4.78, 5) is 4.87. The number of hydrogen-bond acceptors (Lipinski definition) is 5. The fourth-order valence-electron chi connectivity index (χ4n) is 4.27. The van der Waals surface area contributed by atoms with E-state index in [9.17, 15) is 8.42 Å². The zero-order chi connectivity index (χ0) is 24.7. The van der Waals surface area contributed by atoms with Crippen molar-refractivity contribution in [2.75, 3.05) is 4.72 Å². The third kappa shape index (κ3) is 4.21. The maximum Gasteiger partial charge on any atom is 0.264 e. The van der Waals surface area contributed by atoms with Gasteiger partial charge >= 0.3 is 0 Å². The first-order valence-electron chi connectivity index (χ1n) is 11.3. The van der Waals surface area contributed by atoms with Crippen molar-refractivity contribution >= 4 is 26.9 Å². The van der Waals surface area contributed by atoms with Crippen LogP contribution in [0.1, 0.15) is 28.2 Å². The van der Waals surface area contributed by atoms with Crippen LogP contribution in [0.25, 0.3) is 22.2 Å². The monoisotopic (exact) mass is 486 g/mol. The number of fused-ring (bicyclic) bond motifs is 1. The maximum atomic E-state index is 13.2. The van der Waals surface area contributed by atoms with Gasteiger partial charge in [0.25, 0.3) is 10.0 Å². The van der Waals surface area contributed by atoms with Crippen molar-refractivity contribution in [2.45, 2.75) is 39.1 Å². The quantitative estimate of drug-likeness (QED) is 0.329. The molecule has 178 valence electrons. The van der Waals surface area contributed by atoms with Crippen molar-refractivity contribution in [2.24, 2.45) is 0 Å². The molecule has 0 aliphatic carbocycles. The Bertz CT molecular complexity index is 1650. The van der Waals surface area contributed by atoms with Gasteiger partial charge in [0.1, 0.15) is 5.82 Å². The Labute approximate surface area is 204 Å². The molecule has 0 saturated heterocycles. The highest BCUT2D eigenvalue weighted by atomic mass is 32.2. The number of nitrogens with one attached hydrogen (secondary N) is 1. The minimum atomic E-state index is -3.88. The lowest BCUT2D eigenvalue weighted by Gasteiger charge is -2.13. The topological polar surface area (TPSA) is 90.0 Å². The van der Waals surface area contributed by atoms with Crippen LogP contribution in [-0.4, -0.2) is 23.1 Å². The third-order valence-corrected chi connectivity index (χ3v) is 7.71. The molecule has 35 heavy (non-hydrogen) atoms. The predicted octanol–water partition coefficient (Wildman–Crippen LogP) is 5.77. The van der Waals surface area contributed by atoms with Crippen molar-refractivity contribution < 1.29 is 12.9 Å². The molecule has 3 aromatic carbocycles. The molecule has 0 radical (unpaired) electrons. The van der Waals surface area contributed by atoms with Gasteiger partial charge in [-0.15, -0.1) is 0 Å². The Morgan fingerprint density at radius 2 is 1.66 bits per heavy atom. The van der Waals surface area contributed by atoms with E-state index in [-0.39, 0.29) is 10.8 Å². The summed E-state index contributed by atoms with van der Waals surface area (Å²) in [7, 11) is -3.88. The lowest BCUT2D eigenvalue weighted by atomic mass is 10.0. The second kappa shape index (κ2) is 8.70. The van der Waals surface area contributed by atoms with Gasteiger partial charge in [-0.2, -0.15) is 0 Å². The van der Waals surface area contributed by atoms with Crippen LogP contribution in [0.2, 0.25) is 0 Å². The average Bonchev–Trinajstić information content (AvgIpc) is 3.33. The Kier molecular flexibility index (Phi) is 5.68. The summed E-state index contributed by atoms with van der Waals surface area (Å²) in [6.07, 6.45) is 0. The molecule has 1 N–H and O–H groups in total. The number of benzene rings is 3. The summed E-state index contributed by atoms with van der Waals surface area (Å²) >= 11 is 0. The minimum absolute atomic E-state index is 0.130. The molecule has 2 heterocycles. The average molecular weight is 487 g/mol. The number of rotatable bonds is 6. The van der Waals surface area contributed by atoms with Crippen molar-refractivity contribution in [3.8, 4) is 11.1 Å². The molecule has 2 aromatic heterocycles. The van der Waals surface area contributed by atoms with Gasteiger partial charge in [-0.05, 0) is 56.5 Å². The maximum absolute atomic E-state index is 13.2. The molecule has 8 heteroatoms. The highest BCUT2D eigenvalue weighted by Gasteiger charge is 2.22. The summed E-state index contributed by atoms with van der Waals surface area (Å²) in [5.74, 6) is 1.09. The number of hydrogen-bond donors (Lipinski definition) is 1. The second-order valence-corrected chi connectivity index (χ2v) is 10.4. The molecule has 5 rings (SSSR count).